The van der Waals surface area contributed by atoms with E-state index < -0.39 is 0 Å². The zero-order chi connectivity index (χ0) is 14.3. The second-order valence-electron chi connectivity index (χ2n) is 3.99. The van der Waals surface area contributed by atoms with Gasteiger partial charge in [0, 0.05) is 6.61 Å². The predicted octanol–water partition coefficient (Wildman–Crippen LogP) is 5.54. The molecule has 115 valence electrons. The molecular weight excluding hydrogens is 272 g/mol. The Balaban J connectivity index is 0. The lowest BCUT2D eigenvalue weighted by molar-refractivity contribution is 0.132. The Bertz CT molecular complexity index is 312. The number of rotatable bonds is 7. The van der Waals surface area contributed by atoms with Crippen molar-refractivity contribution in [1.82, 2.24) is 0 Å². The second kappa shape index (κ2) is 16.2. The number of hydrogen-bond donors (Lipinski definition) is 0. The summed E-state index contributed by atoms with van der Waals surface area (Å²) in [6.07, 6.45) is 7.35. The van der Waals surface area contributed by atoms with Crippen molar-refractivity contribution in [3.8, 4) is 0 Å². The molecule has 0 heterocycles. The molecule has 0 N–H and O–H groups in total. The number of alkyl halides is 1. The average Bonchev–Trinajstić information content (AvgIpc) is 2.43. The third-order valence-corrected chi connectivity index (χ3v) is 2.54. The Morgan fingerprint density at radius 2 is 1.80 bits per heavy atom. The van der Waals surface area contributed by atoms with Crippen molar-refractivity contribution in [1.29, 1.82) is 0 Å². The van der Waals surface area contributed by atoms with Gasteiger partial charge in [0.25, 0.3) is 0 Å². The van der Waals surface area contributed by atoms with Crippen LogP contribution in [-0.4, -0.2) is 18.8 Å². The largest absolute Gasteiger partial charge is 0.359 e. The molecule has 1 aromatic rings. The summed E-state index contributed by atoms with van der Waals surface area (Å²) in [7, 11) is 0. The van der Waals surface area contributed by atoms with Crippen molar-refractivity contribution in [3.05, 3.63) is 42.0 Å². The predicted molar refractivity (Wildman–Crippen MR) is 88.6 cm³/mol. The topological polar surface area (TPSA) is 29.1 Å². The van der Waals surface area contributed by atoms with Crippen molar-refractivity contribution in [2.24, 2.45) is 0 Å². The number of halogens is 1. The van der Waals surface area contributed by atoms with Gasteiger partial charge in [0.2, 0.25) is 0 Å². The van der Waals surface area contributed by atoms with E-state index in [-0.39, 0.29) is 19.6 Å². The molecule has 1 aromatic carbocycles. The SMILES string of the molecule is C.CCCCCOC(Cl)C=Cc1ccccc1.CC[O]. The maximum atomic E-state index is 8.93. The summed E-state index contributed by atoms with van der Waals surface area (Å²) >= 11 is 6.00. The van der Waals surface area contributed by atoms with Gasteiger partial charge >= 0.3 is 0 Å². The van der Waals surface area contributed by atoms with E-state index in [9.17, 15) is 0 Å². The van der Waals surface area contributed by atoms with E-state index in [1.165, 1.54) is 12.8 Å². The van der Waals surface area contributed by atoms with Crippen molar-refractivity contribution in [3.63, 3.8) is 0 Å². The van der Waals surface area contributed by atoms with Gasteiger partial charge in [-0.3, -0.25) is 0 Å². The highest BCUT2D eigenvalue weighted by Crippen LogP contribution is 2.07. The molecule has 0 aliphatic carbocycles. The zero-order valence-corrected chi connectivity index (χ0v) is 12.6. The van der Waals surface area contributed by atoms with Crippen LogP contribution in [0.4, 0.5) is 0 Å². The summed E-state index contributed by atoms with van der Waals surface area (Å²) in [5.74, 6) is 0. The molecule has 1 radical (unpaired) electrons. The highest BCUT2D eigenvalue weighted by molar-refractivity contribution is 6.21. The van der Waals surface area contributed by atoms with Crippen LogP contribution in [0.3, 0.4) is 0 Å². The summed E-state index contributed by atoms with van der Waals surface area (Å²) in [4.78, 5) is 0. The van der Waals surface area contributed by atoms with Crippen molar-refractivity contribution in [2.75, 3.05) is 13.2 Å². The van der Waals surface area contributed by atoms with Crippen molar-refractivity contribution in [2.45, 2.75) is 46.1 Å². The van der Waals surface area contributed by atoms with E-state index in [4.69, 9.17) is 21.4 Å². The Kier molecular flexibility index (Phi) is 17.4. The molecule has 1 atom stereocenters. The van der Waals surface area contributed by atoms with E-state index >= 15 is 0 Å². The first-order chi connectivity index (χ1) is 9.24. The summed E-state index contributed by atoms with van der Waals surface area (Å²) in [5, 5.41) is 8.93. The monoisotopic (exact) mass is 299 g/mol. The summed E-state index contributed by atoms with van der Waals surface area (Å²) in [5.41, 5.74) is 0.822. The minimum Gasteiger partial charge on any atom is -0.359 e. The second-order valence-corrected chi connectivity index (χ2v) is 4.42. The lowest BCUT2D eigenvalue weighted by atomic mass is 10.2. The molecule has 0 saturated heterocycles. The van der Waals surface area contributed by atoms with Gasteiger partial charge in [-0.05, 0) is 25.0 Å². The minimum absolute atomic E-state index is 0. The van der Waals surface area contributed by atoms with Crippen LogP contribution in [-0.2, 0) is 9.84 Å². The van der Waals surface area contributed by atoms with E-state index in [1.807, 2.05) is 42.5 Å². The molecule has 0 aliphatic heterocycles. The fraction of sp³-hybridized carbons (Fsp3) is 0.529. The molecule has 0 bridgehead atoms. The van der Waals surface area contributed by atoms with Gasteiger partial charge in [0.05, 0.1) is 6.61 Å². The van der Waals surface area contributed by atoms with Gasteiger partial charge in [-0.15, -0.1) is 0 Å². The number of hydrogen-bond acceptors (Lipinski definition) is 1. The first-order valence-corrected chi connectivity index (χ1v) is 7.25. The third kappa shape index (κ3) is 13.6. The first kappa shape index (κ1) is 21.5. The maximum absolute atomic E-state index is 8.93. The Hall–Kier alpha value is -0.830. The Morgan fingerprint density at radius 3 is 2.35 bits per heavy atom. The lowest BCUT2D eigenvalue weighted by Crippen LogP contribution is -2.02. The van der Waals surface area contributed by atoms with Crippen molar-refractivity contribution >= 4 is 17.7 Å². The fourth-order valence-corrected chi connectivity index (χ4v) is 1.52. The maximum Gasteiger partial charge on any atom is 0.150 e. The number of ether oxygens (including phenoxy) is 1. The van der Waals surface area contributed by atoms with Crippen LogP contribution >= 0.6 is 11.6 Å². The molecule has 0 spiro atoms. The molecule has 3 heteroatoms. The highest BCUT2D eigenvalue weighted by Gasteiger charge is 1.98. The average molecular weight is 300 g/mol. The normalized spacial score (nSPS) is 11.4. The molecule has 0 aromatic heterocycles. The highest BCUT2D eigenvalue weighted by atomic mass is 35.5. The smallest absolute Gasteiger partial charge is 0.150 e. The van der Waals surface area contributed by atoms with Crippen LogP contribution in [0.1, 0.15) is 46.1 Å². The van der Waals surface area contributed by atoms with E-state index in [0.717, 1.165) is 18.6 Å². The molecule has 0 aliphatic rings. The molecule has 2 nitrogen and oxygen atoms in total. The molecule has 1 unspecified atom stereocenters. The van der Waals surface area contributed by atoms with Crippen LogP contribution in [0, 0.1) is 0 Å². The molecule has 20 heavy (non-hydrogen) atoms. The van der Waals surface area contributed by atoms with Crippen molar-refractivity contribution < 1.29 is 9.84 Å². The van der Waals surface area contributed by atoms with E-state index in [1.54, 1.807) is 6.92 Å². The van der Waals surface area contributed by atoms with Crippen LogP contribution in [0.15, 0.2) is 36.4 Å². The molecule has 0 amide bonds. The van der Waals surface area contributed by atoms with Gasteiger partial charge in [-0.2, -0.15) is 0 Å². The van der Waals surface area contributed by atoms with E-state index in [0.29, 0.717) is 0 Å². The summed E-state index contributed by atoms with van der Waals surface area (Å²) in [6, 6.07) is 10.1. The Labute approximate surface area is 129 Å². The van der Waals surface area contributed by atoms with Gasteiger partial charge < -0.3 is 4.74 Å². The lowest BCUT2D eigenvalue weighted by Gasteiger charge is -2.06. The van der Waals surface area contributed by atoms with E-state index in [2.05, 4.69) is 6.92 Å². The van der Waals surface area contributed by atoms with Gasteiger partial charge in [-0.25, -0.2) is 5.11 Å². The number of unbranched alkanes of at least 4 members (excludes halogenated alkanes) is 2. The van der Waals surface area contributed by atoms with Crippen LogP contribution in [0.5, 0.6) is 0 Å². The van der Waals surface area contributed by atoms with Gasteiger partial charge in [-0.1, -0.05) is 75.2 Å². The zero-order valence-electron chi connectivity index (χ0n) is 11.8. The third-order valence-electron chi connectivity index (χ3n) is 2.26. The molecule has 0 saturated carbocycles. The van der Waals surface area contributed by atoms with Crippen LogP contribution in [0.2, 0.25) is 0 Å². The first-order valence-electron chi connectivity index (χ1n) is 6.81. The Morgan fingerprint density at radius 1 is 1.20 bits per heavy atom. The summed E-state index contributed by atoms with van der Waals surface area (Å²) in [6.45, 7) is 4.48. The van der Waals surface area contributed by atoms with Gasteiger partial charge in [0.1, 0.15) is 5.56 Å². The fourth-order valence-electron chi connectivity index (χ4n) is 1.35. The standard InChI is InChI=1S/C14H19ClO.C2H5O.CH4/c1-2-3-7-12-16-14(15)11-10-13-8-5-4-6-9-13;1-2-3;/h4-6,8-11,14H,2-3,7,12H2,1H3;2H2,1H3;1H4. The quantitative estimate of drug-likeness (QED) is 0.480. The van der Waals surface area contributed by atoms with Crippen LogP contribution in [0.25, 0.3) is 6.08 Å². The summed E-state index contributed by atoms with van der Waals surface area (Å²) < 4.78 is 5.44. The number of benzene rings is 1. The minimum atomic E-state index is -0.322. The van der Waals surface area contributed by atoms with Gasteiger partial charge in [0.15, 0.2) is 0 Å². The molecular formula is C17H28ClO2. The van der Waals surface area contributed by atoms with Crippen LogP contribution < -0.4 is 0 Å². The molecule has 1 rings (SSSR count). The molecule has 0 fully saturated rings.